The van der Waals surface area contributed by atoms with E-state index in [-0.39, 0.29) is 5.75 Å². The van der Waals surface area contributed by atoms with Crippen LogP contribution in [-0.2, 0) is 0 Å². The van der Waals surface area contributed by atoms with Gasteiger partial charge < -0.3 is 9.84 Å². The van der Waals surface area contributed by atoms with Crippen molar-refractivity contribution in [2.45, 2.75) is 20.3 Å². The molecule has 0 amide bonds. The first-order chi connectivity index (χ1) is 12.4. The number of aromatic nitrogens is 2. The highest BCUT2D eigenvalue weighted by atomic mass is 35.5. The van der Waals surface area contributed by atoms with E-state index in [4.69, 9.17) is 16.3 Å². The maximum absolute atomic E-state index is 10.6. The predicted octanol–water partition coefficient (Wildman–Crippen LogP) is 6.07. The highest BCUT2D eigenvalue weighted by Crippen LogP contribution is 2.36. The summed E-state index contributed by atoms with van der Waals surface area (Å²) in [6.07, 6.45) is 0.738. The van der Waals surface area contributed by atoms with E-state index in [1.807, 2.05) is 13.8 Å². The molecule has 0 aliphatic carbocycles. The standard InChI is InChI=1S/C21H19ClN2O2/c1-5-12(2)13(3)19-21(25)17-9-10-18(24-20(17)14(4)23-19)26-16-8-6-7-15(22)11-16/h6-11,25H,2-3,5H2,1,4H3. The number of rotatable bonds is 5. The molecule has 5 heteroatoms. The number of aryl methyl sites for hydroxylation is 1. The van der Waals surface area contributed by atoms with Crippen molar-refractivity contribution >= 4 is 28.1 Å². The molecule has 0 radical (unpaired) electrons. The molecule has 0 aliphatic rings. The third kappa shape index (κ3) is 3.41. The second kappa shape index (κ2) is 7.18. The van der Waals surface area contributed by atoms with Gasteiger partial charge in [0, 0.05) is 16.5 Å². The average Bonchev–Trinajstić information content (AvgIpc) is 2.63. The van der Waals surface area contributed by atoms with Gasteiger partial charge in [0.25, 0.3) is 0 Å². The van der Waals surface area contributed by atoms with Crippen molar-refractivity contribution in [1.82, 2.24) is 9.97 Å². The molecule has 1 aromatic carbocycles. The quantitative estimate of drug-likeness (QED) is 0.557. The molecule has 3 aromatic rings. The maximum atomic E-state index is 10.6. The molecule has 2 heterocycles. The molecule has 1 N–H and O–H groups in total. The van der Waals surface area contributed by atoms with E-state index in [9.17, 15) is 5.11 Å². The molecule has 0 fully saturated rings. The Kier molecular flexibility index (Phi) is 4.96. The molecule has 132 valence electrons. The summed E-state index contributed by atoms with van der Waals surface area (Å²) in [5.41, 5.74) is 3.15. The zero-order valence-corrected chi connectivity index (χ0v) is 15.5. The molecule has 3 rings (SSSR count). The second-order valence-corrected chi connectivity index (χ2v) is 6.37. The van der Waals surface area contributed by atoms with Crippen LogP contribution in [0.4, 0.5) is 0 Å². The Labute approximate surface area is 157 Å². The number of aromatic hydroxyl groups is 1. The van der Waals surface area contributed by atoms with Crippen molar-refractivity contribution in [3.8, 4) is 17.4 Å². The summed E-state index contributed by atoms with van der Waals surface area (Å²) < 4.78 is 5.76. The average molecular weight is 367 g/mol. The van der Waals surface area contributed by atoms with Crippen LogP contribution in [0.15, 0.2) is 55.1 Å². The van der Waals surface area contributed by atoms with Gasteiger partial charge in [0.15, 0.2) is 5.75 Å². The lowest BCUT2D eigenvalue weighted by Gasteiger charge is -2.13. The van der Waals surface area contributed by atoms with Crippen molar-refractivity contribution in [2.75, 3.05) is 0 Å². The van der Waals surface area contributed by atoms with Crippen molar-refractivity contribution in [3.05, 3.63) is 71.5 Å². The molecule has 2 aromatic heterocycles. The van der Waals surface area contributed by atoms with Gasteiger partial charge in [0.2, 0.25) is 5.88 Å². The first-order valence-electron chi connectivity index (χ1n) is 8.22. The van der Waals surface area contributed by atoms with E-state index in [1.54, 1.807) is 36.4 Å². The summed E-state index contributed by atoms with van der Waals surface area (Å²) in [5.74, 6) is 1.03. The number of fused-ring (bicyclic) bond motifs is 1. The monoisotopic (exact) mass is 366 g/mol. The fourth-order valence-corrected chi connectivity index (χ4v) is 2.79. The van der Waals surface area contributed by atoms with Gasteiger partial charge in [-0.05, 0) is 48.8 Å². The molecule has 0 spiro atoms. The summed E-state index contributed by atoms with van der Waals surface area (Å²) in [4.78, 5) is 8.97. The normalized spacial score (nSPS) is 10.7. The minimum atomic E-state index is 0.0482. The number of ether oxygens (including phenoxy) is 1. The van der Waals surface area contributed by atoms with Gasteiger partial charge >= 0.3 is 0 Å². The minimum Gasteiger partial charge on any atom is -0.505 e. The van der Waals surface area contributed by atoms with Crippen molar-refractivity contribution in [3.63, 3.8) is 0 Å². The van der Waals surface area contributed by atoms with Crippen LogP contribution in [0, 0.1) is 6.92 Å². The van der Waals surface area contributed by atoms with E-state index in [1.165, 1.54) is 0 Å². The van der Waals surface area contributed by atoms with Crippen LogP contribution in [0.1, 0.15) is 24.7 Å². The van der Waals surface area contributed by atoms with E-state index in [0.29, 0.717) is 44.5 Å². The number of nitrogens with zero attached hydrogens (tertiary/aromatic N) is 2. The lowest BCUT2D eigenvalue weighted by atomic mass is 10.0. The van der Waals surface area contributed by atoms with Crippen LogP contribution >= 0.6 is 11.6 Å². The number of pyridine rings is 2. The number of halogens is 1. The number of hydrogen-bond donors (Lipinski definition) is 1. The first kappa shape index (κ1) is 18.0. The zero-order chi connectivity index (χ0) is 18.8. The van der Waals surface area contributed by atoms with E-state index >= 15 is 0 Å². The molecule has 0 unspecified atom stereocenters. The van der Waals surface area contributed by atoms with Crippen LogP contribution in [0.2, 0.25) is 5.02 Å². The van der Waals surface area contributed by atoms with Crippen molar-refractivity contribution < 1.29 is 9.84 Å². The third-order valence-corrected chi connectivity index (χ3v) is 4.36. The van der Waals surface area contributed by atoms with Crippen LogP contribution in [0.3, 0.4) is 0 Å². The second-order valence-electron chi connectivity index (χ2n) is 5.94. The largest absolute Gasteiger partial charge is 0.505 e. The highest BCUT2D eigenvalue weighted by Gasteiger charge is 2.16. The predicted molar refractivity (Wildman–Crippen MR) is 106 cm³/mol. The van der Waals surface area contributed by atoms with Crippen molar-refractivity contribution in [1.29, 1.82) is 0 Å². The Balaban J connectivity index is 2.04. The van der Waals surface area contributed by atoms with Gasteiger partial charge in [-0.15, -0.1) is 0 Å². The Hall–Kier alpha value is -2.85. The van der Waals surface area contributed by atoms with Crippen LogP contribution < -0.4 is 4.74 Å². The molecule has 0 atom stereocenters. The molecule has 0 saturated carbocycles. The molecule has 0 bridgehead atoms. The molecular formula is C21H19ClN2O2. The Bertz CT molecular complexity index is 1030. The van der Waals surface area contributed by atoms with Gasteiger partial charge in [-0.3, -0.25) is 0 Å². The number of hydrogen-bond acceptors (Lipinski definition) is 4. The molecule has 0 aliphatic heterocycles. The smallest absolute Gasteiger partial charge is 0.219 e. The Morgan fingerprint density at radius 1 is 1.19 bits per heavy atom. The topological polar surface area (TPSA) is 55.2 Å². The van der Waals surface area contributed by atoms with Crippen LogP contribution in [0.25, 0.3) is 16.5 Å². The highest BCUT2D eigenvalue weighted by molar-refractivity contribution is 6.30. The first-order valence-corrected chi connectivity index (χ1v) is 8.59. The fourth-order valence-electron chi connectivity index (χ4n) is 2.61. The third-order valence-electron chi connectivity index (χ3n) is 4.13. The summed E-state index contributed by atoms with van der Waals surface area (Å²) >= 11 is 5.98. The molecule has 4 nitrogen and oxygen atoms in total. The molecule has 26 heavy (non-hydrogen) atoms. The van der Waals surface area contributed by atoms with Crippen LogP contribution in [0.5, 0.6) is 17.4 Å². The number of benzene rings is 1. The summed E-state index contributed by atoms with van der Waals surface area (Å²) in [6.45, 7) is 11.8. The van der Waals surface area contributed by atoms with Crippen molar-refractivity contribution in [2.24, 2.45) is 0 Å². The van der Waals surface area contributed by atoms with Gasteiger partial charge in [0.1, 0.15) is 11.4 Å². The van der Waals surface area contributed by atoms with Crippen LogP contribution in [-0.4, -0.2) is 15.1 Å². The Morgan fingerprint density at radius 3 is 2.65 bits per heavy atom. The van der Waals surface area contributed by atoms with E-state index in [0.717, 1.165) is 12.0 Å². The lowest BCUT2D eigenvalue weighted by Crippen LogP contribution is -1.98. The zero-order valence-electron chi connectivity index (χ0n) is 14.7. The number of allylic oxidation sites excluding steroid dienone is 2. The van der Waals surface area contributed by atoms with E-state index in [2.05, 4.69) is 23.1 Å². The Morgan fingerprint density at radius 2 is 1.96 bits per heavy atom. The van der Waals surface area contributed by atoms with Gasteiger partial charge in [-0.2, -0.15) is 0 Å². The lowest BCUT2D eigenvalue weighted by molar-refractivity contribution is 0.463. The molecular weight excluding hydrogens is 348 g/mol. The molecule has 0 saturated heterocycles. The van der Waals surface area contributed by atoms with Gasteiger partial charge in [-0.1, -0.05) is 37.7 Å². The summed E-state index contributed by atoms with van der Waals surface area (Å²) in [6, 6.07) is 10.5. The van der Waals surface area contributed by atoms with Gasteiger partial charge in [0.05, 0.1) is 11.2 Å². The maximum Gasteiger partial charge on any atom is 0.219 e. The summed E-state index contributed by atoms with van der Waals surface area (Å²) in [7, 11) is 0. The SMILES string of the molecule is C=C(CC)C(=C)c1nc(C)c2nc(Oc3cccc(Cl)c3)ccc2c1O. The van der Waals surface area contributed by atoms with Gasteiger partial charge in [-0.25, -0.2) is 9.97 Å². The fraction of sp³-hybridized carbons (Fsp3) is 0.143. The summed E-state index contributed by atoms with van der Waals surface area (Å²) in [5, 5.41) is 11.8. The van der Waals surface area contributed by atoms with E-state index < -0.39 is 0 Å². The minimum absolute atomic E-state index is 0.0482.